The van der Waals surface area contributed by atoms with E-state index in [4.69, 9.17) is 0 Å². The first-order chi connectivity index (χ1) is 18.5. The third-order valence-electron chi connectivity index (χ3n) is 7.30. The zero-order chi connectivity index (χ0) is 27.8. The fourth-order valence-corrected chi connectivity index (χ4v) is 5.08. The van der Waals surface area contributed by atoms with E-state index in [-0.39, 0.29) is 22.9 Å². The monoisotopic (exact) mass is 518 g/mol. The molecular formula is C34H38N4O. The molecule has 2 aliphatic rings. The standard InChI is InChI=1S/C34H38N4O/c1-33(2,3)28-20-25(21-29(32(28)39)34(4,5)6)19-23-11-15-26(16-12-23)35-27-17-13-24(14-18-27)22-38-31-10-8-7-9-30(31)36-37-38/h8,10-18,20-21,30-31,35,39H,19,22H2,1-6H3. The number of aromatic hydroxyl groups is 1. The van der Waals surface area contributed by atoms with Gasteiger partial charge in [0.25, 0.3) is 0 Å². The minimum absolute atomic E-state index is 0.0472. The summed E-state index contributed by atoms with van der Waals surface area (Å²) in [5.74, 6) is 6.51. The third-order valence-corrected chi connectivity index (χ3v) is 7.30. The highest BCUT2D eigenvalue weighted by atomic mass is 16.3. The van der Waals surface area contributed by atoms with E-state index in [1.807, 2.05) is 11.1 Å². The lowest BCUT2D eigenvalue weighted by atomic mass is 9.78. The molecule has 5 nitrogen and oxygen atoms in total. The Labute approximate surface area is 232 Å². The van der Waals surface area contributed by atoms with Crippen LogP contribution in [-0.2, 0) is 23.8 Å². The Balaban J connectivity index is 1.24. The Morgan fingerprint density at radius 3 is 1.95 bits per heavy atom. The van der Waals surface area contributed by atoms with Gasteiger partial charge in [-0.2, -0.15) is 5.11 Å². The van der Waals surface area contributed by atoms with Crippen molar-refractivity contribution >= 4 is 11.4 Å². The van der Waals surface area contributed by atoms with Crippen LogP contribution < -0.4 is 5.32 Å². The second-order valence-corrected chi connectivity index (χ2v) is 12.6. The number of anilines is 2. The molecule has 1 heterocycles. The van der Waals surface area contributed by atoms with Crippen LogP contribution in [0.1, 0.15) is 69.4 Å². The van der Waals surface area contributed by atoms with Gasteiger partial charge in [0.05, 0.1) is 6.54 Å². The van der Waals surface area contributed by atoms with E-state index in [1.54, 1.807) is 0 Å². The quantitative estimate of drug-likeness (QED) is 0.327. The Hall–Kier alpha value is -4.04. The normalized spacial score (nSPS) is 18.1. The minimum atomic E-state index is -0.133. The number of phenolic OH excluding ortho intramolecular Hbond substituents is 1. The lowest BCUT2D eigenvalue weighted by Crippen LogP contribution is -2.32. The molecule has 2 N–H and O–H groups in total. The molecule has 200 valence electrons. The maximum Gasteiger partial charge on any atom is 0.159 e. The molecule has 2 unspecified atom stereocenters. The van der Waals surface area contributed by atoms with Crippen LogP contribution >= 0.6 is 0 Å². The molecule has 2 atom stereocenters. The molecule has 3 aromatic carbocycles. The first-order valence-electron chi connectivity index (χ1n) is 13.6. The SMILES string of the molecule is CC(C)(C)c1cc(Cc2ccc(Nc3ccc(CN4N=NC5C#CC=CC54)cc3)cc2)cc(C(C)(C)C)c1O. The first-order valence-corrected chi connectivity index (χ1v) is 13.6. The summed E-state index contributed by atoms with van der Waals surface area (Å²) in [7, 11) is 0. The first kappa shape index (κ1) is 26.6. The van der Waals surface area contributed by atoms with Gasteiger partial charge in [-0.1, -0.05) is 95.0 Å². The maximum absolute atomic E-state index is 11.0. The maximum atomic E-state index is 11.0. The number of benzene rings is 3. The number of allylic oxidation sites excluding steroid dienone is 1. The predicted octanol–water partition coefficient (Wildman–Crippen LogP) is 7.81. The van der Waals surface area contributed by atoms with E-state index >= 15 is 0 Å². The number of rotatable bonds is 6. The molecule has 5 heteroatoms. The Bertz CT molecular complexity index is 1420. The van der Waals surface area contributed by atoms with Crippen molar-refractivity contribution in [3.05, 3.63) is 101 Å². The smallest absolute Gasteiger partial charge is 0.159 e. The summed E-state index contributed by atoms with van der Waals surface area (Å²) in [6.45, 7) is 13.6. The van der Waals surface area contributed by atoms with Gasteiger partial charge in [0.15, 0.2) is 6.04 Å². The van der Waals surface area contributed by atoms with Crippen LogP contribution in [0.4, 0.5) is 11.4 Å². The summed E-state index contributed by atoms with van der Waals surface area (Å²) >= 11 is 0. The van der Waals surface area contributed by atoms with Crippen LogP contribution in [0.25, 0.3) is 0 Å². The third kappa shape index (κ3) is 6.01. The van der Waals surface area contributed by atoms with Crippen molar-refractivity contribution in [2.45, 2.75) is 77.4 Å². The summed E-state index contributed by atoms with van der Waals surface area (Å²) in [6, 6.07) is 21.5. The fraction of sp³-hybridized carbons (Fsp3) is 0.353. The van der Waals surface area contributed by atoms with Crippen molar-refractivity contribution < 1.29 is 5.11 Å². The molecule has 1 aliphatic carbocycles. The summed E-state index contributed by atoms with van der Waals surface area (Å²) in [5, 5.41) is 25.1. The van der Waals surface area contributed by atoms with Crippen LogP contribution in [-0.4, -0.2) is 22.2 Å². The molecule has 0 saturated carbocycles. The van der Waals surface area contributed by atoms with Crippen LogP contribution in [0.2, 0.25) is 0 Å². The number of hydrogen-bond donors (Lipinski definition) is 2. The number of nitrogens with zero attached hydrogens (tertiary/aromatic N) is 3. The molecule has 0 aromatic heterocycles. The summed E-state index contributed by atoms with van der Waals surface area (Å²) < 4.78 is 0. The molecule has 1 aliphatic heterocycles. The van der Waals surface area contributed by atoms with E-state index in [2.05, 4.69) is 136 Å². The highest BCUT2D eigenvalue weighted by molar-refractivity contribution is 5.60. The predicted molar refractivity (Wildman–Crippen MR) is 159 cm³/mol. The van der Waals surface area contributed by atoms with E-state index in [9.17, 15) is 5.11 Å². The van der Waals surface area contributed by atoms with Gasteiger partial charge in [-0.3, -0.25) is 5.01 Å². The topological polar surface area (TPSA) is 60.2 Å². The molecule has 0 saturated heterocycles. The van der Waals surface area contributed by atoms with Crippen molar-refractivity contribution in [1.82, 2.24) is 5.01 Å². The molecule has 0 spiro atoms. The minimum Gasteiger partial charge on any atom is -0.507 e. The van der Waals surface area contributed by atoms with Crippen LogP contribution in [0, 0.1) is 11.8 Å². The van der Waals surface area contributed by atoms with E-state index in [0.29, 0.717) is 12.3 Å². The summed E-state index contributed by atoms with van der Waals surface area (Å²) in [4.78, 5) is 0. The largest absolute Gasteiger partial charge is 0.507 e. The average Bonchev–Trinajstić information content (AvgIpc) is 3.29. The van der Waals surface area contributed by atoms with E-state index in [1.165, 1.54) is 16.7 Å². The Kier molecular flexibility index (Phi) is 6.99. The van der Waals surface area contributed by atoms with Gasteiger partial charge in [-0.15, -0.1) is 0 Å². The molecule has 0 fully saturated rings. The Morgan fingerprint density at radius 2 is 1.38 bits per heavy atom. The number of fused-ring (bicyclic) bond motifs is 1. The van der Waals surface area contributed by atoms with E-state index in [0.717, 1.165) is 28.9 Å². The van der Waals surface area contributed by atoms with Gasteiger partial charge < -0.3 is 10.4 Å². The molecule has 0 amide bonds. The lowest BCUT2D eigenvalue weighted by molar-refractivity contribution is 0.255. The summed E-state index contributed by atoms with van der Waals surface area (Å²) in [6.07, 6.45) is 4.78. The number of hydrogen-bond acceptors (Lipinski definition) is 5. The van der Waals surface area contributed by atoms with E-state index < -0.39 is 0 Å². The second kappa shape index (κ2) is 10.3. The molecule has 3 aromatic rings. The number of phenols is 1. The second-order valence-electron chi connectivity index (χ2n) is 12.6. The van der Waals surface area contributed by atoms with Crippen molar-refractivity contribution in [3.8, 4) is 17.6 Å². The van der Waals surface area contributed by atoms with Crippen molar-refractivity contribution in [2.24, 2.45) is 10.3 Å². The lowest BCUT2D eigenvalue weighted by Gasteiger charge is -2.28. The molecule has 0 radical (unpaired) electrons. The van der Waals surface area contributed by atoms with Crippen LogP contribution in [0.15, 0.2) is 83.2 Å². The molecular weight excluding hydrogens is 480 g/mol. The van der Waals surface area contributed by atoms with Crippen molar-refractivity contribution in [1.29, 1.82) is 0 Å². The summed E-state index contributed by atoms with van der Waals surface area (Å²) in [5.41, 5.74) is 7.47. The van der Waals surface area contributed by atoms with Gasteiger partial charge in [0.1, 0.15) is 11.8 Å². The molecule has 0 bridgehead atoms. The highest BCUT2D eigenvalue weighted by Crippen LogP contribution is 2.40. The van der Waals surface area contributed by atoms with Gasteiger partial charge >= 0.3 is 0 Å². The number of nitrogens with one attached hydrogen (secondary N) is 1. The van der Waals surface area contributed by atoms with Gasteiger partial charge in [-0.25, -0.2) is 0 Å². The highest BCUT2D eigenvalue weighted by Gasteiger charge is 2.30. The fourth-order valence-electron chi connectivity index (χ4n) is 5.08. The van der Waals surface area contributed by atoms with Gasteiger partial charge in [-0.05, 0) is 81.5 Å². The van der Waals surface area contributed by atoms with Crippen LogP contribution in [0.5, 0.6) is 5.75 Å². The average molecular weight is 519 g/mol. The van der Waals surface area contributed by atoms with Gasteiger partial charge in [0.2, 0.25) is 0 Å². The van der Waals surface area contributed by atoms with Crippen molar-refractivity contribution in [3.63, 3.8) is 0 Å². The van der Waals surface area contributed by atoms with Gasteiger partial charge in [0, 0.05) is 11.4 Å². The zero-order valence-corrected chi connectivity index (χ0v) is 23.8. The molecule has 5 rings (SSSR count). The Morgan fingerprint density at radius 1 is 0.821 bits per heavy atom. The van der Waals surface area contributed by atoms with Crippen molar-refractivity contribution in [2.75, 3.05) is 5.32 Å². The van der Waals surface area contributed by atoms with Crippen LogP contribution in [0.3, 0.4) is 0 Å². The molecule has 39 heavy (non-hydrogen) atoms. The zero-order valence-electron chi connectivity index (χ0n) is 23.8.